The molecule has 0 radical (unpaired) electrons. The van der Waals surface area contributed by atoms with Gasteiger partial charge in [0.15, 0.2) is 0 Å². The molecule has 1 aliphatic carbocycles. The Balaban J connectivity index is 1.66. The smallest absolute Gasteiger partial charge is 0.119 e. The molecule has 1 fully saturated rings. The van der Waals surface area contributed by atoms with Gasteiger partial charge >= 0.3 is 0 Å². The van der Waals surface area contributed by atoms with Gasteiger partial charge < -0.3 is 15.0 Å². The minimum atomic E-state index is 0.726. The standard InChI is InChI=1S/C16H26N2O/c1-17-14-8-10-15(11-9-14)18(2)12-13-19-16-6-4-3-5-7-16/h3-7,14-15,17H,8-13H2,1-2H3. The first-order valence-corrected chi connectivity index (χ1v) is 7.35. The zero-order valence-corrected chi connectivity index (χ0v) is 12.1. The maximum absolute atomic E-state index is 5.76. The lowest BCUT2D eigenvalue weighted by Gasteiger charge is -2.34. The summed E-state index contributed by atoms with van der Waals surface area (Å²) in [5.41, 5.74) is 0. The third kappa shape index (κ3) is 4.51. The van der Waals surface area contributed by atoms with E-state index in [1.807, 2.05) is 30.3 Å². The van der Waals surface area contributed by atoms with Gasteiger partial charge in [-0.15, -0.1) is 0 Å². The number of rotatable bonds is 6. The fourth-order valence-corrected chi connectivity index (χ4v) is 2.81. The van der Waals surface area contributed by atoms with Gasteiger partial charge in [0.2, 0.25) is 0 Å². The Hall–Kier alpha value is -1.06. The average molecular weight is 262 g/mol. The maximum atomic E-state index is 5.76. The van der Waals surface area contributed by atoms with Crippen LogP contribution in [-0.4, -0.2) is 44.2 Å². The van der Waals surface area contributed by atoms with Crippen molar-refractivity contribution in [1.82, 2.24) is 10.2 Å². The molecular weight excluding hydrogens is 236 g/mol. The number of hydrogen-bond donors (Lipinski definition) is 1. The topological polar surface area (TPSA) is 24.5 Å². The van der Waals surface area contributed by atoms with E-state index in [4.69, 9.17) is 4.74 Å². The van der Waals surface area contributed by atoms with Crippen LogP contribution in [0.4, 0.5) is 0 Å². The van der Waals surface area contributed by atoms with E-state index < -0.39 is 0 Å². The predicted molar refractivity (Wildman–Crippen MR) is 79.7 cm³/mol. The normalized spacial score (nSPS) is 23.5. The molecule has 0 spiro atoms. The van der Waals surface area contributed by atoms with Gasteiger partial charge in [-0.3, -0.25) is 0 Å². The highest BCUT2D eigenvalue weighted by atomic mass is 16.5. The van der Waals surface area contributed by atoms with Gasteiger partial charge in [0.1, 0.15) is 12.4 Å². The molecule has 0 unspecified atom stereocenters. The zero-order valence-electron chi connectivity index (χ0n) is 12.1. The summed E-state index contributed by atoms with van der Waals surface area (Å²) in [6.07, 6.45) is 5.19. The van der Waals surface area contributed by atoms with Gasteiger partial charge in [0.25, 0.3) is 0 Å². The van der Waals surface area contributed by atoms with Crippen molar-refractivity contribution in [3.8, 4) is 5.75 Å². The van der Waals surface area contributed by atoms with Crippen molar-refractivity contribution in [2.75, 3.05) is 27.2 Å². The minimum absolute atomic E-state index is 0.726. The number of nitrogens with zero attached hydrogens (tertiary/aromatic N) is 1. The molecule has 1 aromatic carbocycles. The first kappa shape index (κ1) is 14.4. The number of nitrogens with one attached hydrogen (secondary N) is 1. The molecule has 1 aromatic rings. The molecule has 0 heterocycles. The van der Waals surface area contributed by atoms with Crippen LogP contribution in [0.25, 0.3) is 0 Å². The van der Waals surface area contributed by atoms with Gasteiger partial charge in [-0.25, -0.2) is 0 Å². The molecule has 19 heavy (non-hydrogen) atoms. The van der Waals surface area contributed by atoms with Crippen LogP contribution in [0.1, 0.15) is 25.7 Å². The number of ether oxygens (including phenoxy) is 1. The maximum Gasteiger partial charge on any atom is 0.119 e. The van der Waals surface area contributed by atoms with E-state index >= 15 is 0 Å². The summed E-state index contributed by atoms with van der Waals surface area (Å²) in [5, 5.41) is 3.38. The van der Waals surface area contributed by atoms with Crippen molar-refractivity contribution in [2.45, 2.75) is 37.8 Å². The van der Waals surface area contributed by atoms with Crippen LogP contribution < -0.4 is 10.1 Å². The highest BCUT2D eigenvalue weighted by molar-refractivity contribution is 5.20. The molecule has 0 aliphatic heterocycles. The molecule has 0 atom stereocenters. The summed E-state index contributed by atoms with van der Waals surface area (Å²) >= 11 is 0. The highest BCUT2D eigenvalue weighted by Crippen LogP contribution is 2.22. The Morgan fingerprint density at radius 2 is 1.84 bits per heavy atom. The van der Waals surface area contributed by atoms with E-state index in [-0.39, 0.29) is 0 Å². The molecule has 2 rings (SSSR count). The van der Waals surface area contributed by atoms with Crippen LogP contribution in [0.2, 0.25) is 0 Å². The van der Waals surface area contributed by atoms with Gasteiger partial charge in [0.05, 0.1) is 0 Å². The summed E-state index contributed by atoms with van der Waals surface area (Å²) in [4.78, 5) is 2.45. The second-order valence-electron chi connectivity index (χ2n) is 5.44. The van der Waals surface area contributed by atoms with Gasteiger partial charge in [-0.1, -0.05) is 18.2 Å². The van der Waals surface area contributed by atoms with Crippen molar-refractivity contribution in [1.29, 1.82) is 0 Å². The molecule has 1 N–H and O–H groups in total. The monoisotopic (exact) mass is 262 g/mol. The van der Waals surface area contributed by atoms with E-state index in [9.17, 15) is 0 Å². The van der Waals surface area contributed by atoms with Crippen LogP contribution in [0.3, 0.4) is 0 Å². The molecule has 3 heteroatoms. The van der Waals surface area contributed by atoms with E-state index in [1.165, 1.54) is 25.7 Å². The quantitative estimate of drug-likeness (QED) is 0.852. The van der Waals surface area contributed by atoms with Gasteiger partial charge in [0, 0.05) is 18.6 Å². The van der Waals surface area contributed by atoms with Crippen LogP contribution in [0.15, 0.2) is 30.3 Å². The fraction of sp³-hybridized carbons (Fsp3) is 0.625. The Labute approximate surface area is 116 Å². The Morgan fingerprint density at radius 3 is 2.47 bits per heavy atom. The van der Waals surface area contributed by atoms with E-state index in [0.29, 0.717) is 0 Å². The molecule has 0 saturated heterocycles. The van der Waals surface area contributed by atoms with Crippen LogP contribution >= 0.6 is 0 Å². The molecule has 106 valence electrons. The summed E-state index contributed by atoms with van der Waals surface area (Å²) < 4.78 is 5.76. The molecule has 0 amide bonds. The predicted octanol–water partition coefficient (Wildman–Crippen LogP) is 2.53. The minimum Gasteiger partial charge on any atom is -0.492 e. The first-order valence-electron chi connectivity index (χ1n) is 7.35. The highest BCUT2D eigenvalue weighted by Gasteiger charge is 2.22. The third-order valence-corrected chi connectivity index (χ3v) is 4.18. The lowest BCUT2D eigenvalue weighted by molar-refractivity contribution is 0.150. The third-order valence-electron chi connectivity index (χ3n) is 4.18. The van der Waals surface area contributed by atoms with Crippen LogP contribution in [0.5, 0.6) is 5.75 Å². The molecule has 0 aromatic heterocycles. The summed E-state index contributed by atoms with van der Waals surface area (Å²) in [7, 11) is 4.29. The van der Waals surface area contributed by atoms with E-state index in [1.54, 1.807) is 0 Å². The summed E-state index contributed by atoms with van der Waals surface area (Å²) in [5.74, 6) is 0.967. The number of para-hydroxylation sites is 1. The van der Waals surface area contributed by atoms with Crippen molar-refractivity contribution < 1.29 is 4.74 Å². The summed E-state index contributed by atoms with van der Waals surface area (Å²) in [6.45, 7) is 1.77. The largest absolute Gasteiger partial charge is 0.492 e. The van der Waals surface area contributed by atoms with Gasteiger partial charge in [-0.2, -0.15) is 0 Å². The Bertz CT molecular complexity index is 347. The lowest BCUT2D eigenvalue weighted by atomic mass is 9.90. The van der Waals surface area contributed by atoms with E-state index in [0.717, 1.165) is 31.0 Å². The molecule has 1 aliphatic rings. The second kappa shape index (κ2) is 7.51. The van der Waals surface area contributed by atoms with E-state index in [2.05, 4.69) is 24.3 Å². The van der Waals surface area contributed by atoms with Crippen molar-refractivity contribution in [3.63, 3.8) is 0 Å². The fourth-order valence-electron chi connectivity index (χ4n) is 2.81. The van der Waals surface area contributed by atoms with Crippen LogP contribution in [-0.2, 0) is 0 Å². The van der Waals surface area contributed by atoms with Crippen molar-refractivity contribution in [3.05, 3.63) is 30.3 Å². The van der Waals surface area contributed by atoms with Crippen molar-refractivity contribution in [2.24, 2.45) is 0 Å². The number of benzene rings is 1. The Morgan fingerprint density at radius 1 is 1.16 bits per heavy atom. The number of hydrogen-bond acceptors (Lipinski definition) is 3. The van der Waals surface area contributed by atoms with Gasteiger partial charge in [-0.05, 0) is 51.9 Å². The van der Waals surface area contributed by atoms with Crippen LogP contribution in [0, 0.1) is 0 Å². The lowest BCUT2D eigenvalue weighted by Crippen LogP contribution is -2.41. The SMILES string of the molecule is CNC1CCC(N(C)CCOc2ccccc2)CC1. The molecule has 0 bridgehead atoms. The summed E-state index contributed by atoms with van der Waals surface area (Å²) in [6, 6.07) is 11.5. The molecule has 1 saturated carbocycles. The van der Waals surface area contributed by atoms with Crippen molar-refractivity contribution >= 4 is 0 Å². The molecule has 3 nitrogen and oxygen atoms in total. The molecular formula is C16H26N2O. The number of likely N-dealkylation sites (N-methyl/N-ethyl adjacent to an activating group) is 1. The average Bonchev–Trinajstić information content (AvgIpc) is 2.48. The Kier molecular flexibility index (Phi) is 5.67. The first-order chi connectivity index (χ1) is 9.29. The zero-order chi connectivity index (χ0) is 13.5. The second-order valence-corrected chi connectivity index (χ2v) is 5.44.